The lowest BCUT2D eigenvalue weighted by atomic mass is 10.1. The maximum absolute atomic E-state index is 11.4. The van der Waals surface area contributed by atoms with Crippen LogP contribution in [0.5, 0.6) is 11.6 Å². The molecule has 22 heavy (non-hydrogen) atoms. The number of pyridine rings is 1. The first-order chi connectivity index (χ1) is 10.6. The molecule has 0 aliphatic heterocycles. The number of benzene rings is 1. The molecule has 2 aromatic heterocycles. The Labute approximate surface area is 131 Å². The standard InChI is InChI=1S/C15H11ClN4O2/c1-9(21)13-15(19-20-18-13)22-11-6-4-10(5-7-11)12-3-2-8-17-14(12)16/h2-8H,1H3,(H,18,19,20). The van der Waals surface area contributed by atoms with E-state index in [0.29, 0.717) is 10.9 Å². The highest BCUT2D eigenvalue weighted by molar-refractivity contribution is 6.32. The van der Waals surface area contributed by atoms with E-state index < -0.39 is 0 Å². The van der Waals surface area contributed by atoms with Crippen molar-refractivity contribution in [2.24, 2.45) is 0 Å². The lowest BCUT2D eigenvalue weighted by molar-refractivity contribution is 0.101. The molecular formula is C15H11ClN4O2. The molecule has 0 saturated heterocycles. The fraction of sp³-hybridized carbons (Fsp3) is 0.0667. The molecule has 0 bridgehead atoms. The van der Waals surface area contributed by atoms with Gasteiger partial charge in [0.1, 0.15) is 10.9 Å². The SMILES string of the molecule is CC(=O)c1[nH]nnc1Oc1ccc(-c2cccnc2Cl)cc1. The highest BCUT2D eigenvalue weighted by atomic mass is 35.5. The van der Waals surface area contributed by atoms with Crippen LogP contribution in [0.2, 0.25) is 5.15 Å². The molecule has 3 rings (SSSR count). The van der Waals surface area contributed by atoms with Crippen LogP contribution in [-0.2, 0) is 0 Å². The molecule has 1 N–H and O–H groups in total. The molecule has 0 radical (unpaired) electrons. The summed E-state index contributed by atoms with van der Waals surface area (Å²) in [4.78, 5) is 15.4. The van der Waals surface area contributed by atoms with E-state index in [4.69, 9.17) is 16.3 Å². The van der Waals surface area contributed by atoms with E-state index in [1.807, 2.05) is 24.3 Å². The van der Waals surface area contributed by atoms with Gasteiger partial charge >= 0.3 is 0 Å². The van der Waals surface area contributed by atoms with Gasteiger partial charge in [0, 0.05) is 18.7 Å². The first-order valence-corrected chi connectivity index (χ1v) is 6.84. The van der Waals surface area contributed by atoms with Crippen LogP contribution < -0.4 is 4.74 Å². The summed E-state index contributed by atoms with van der Waals surface area (Å²) in [5.41, 5.74) is 1.98. The first-order valence-electron chi connectivity index (χ1n) is 6.46. The summed E-state index contributed by atoms with van der Waals surface area (Å²) in [6, 6.07) is 10.9. The highest BCUT2D eigenvalue weighted by Crippen LogP contribution is 2.29. The number of ketones is 1. The van der Waals surface area contributed by atoms with E-state index in [0.717, 1.165) is 11.1 Å². The Morgan fingerprint density at radius 3 is 2.68 bits per heavy atom. The number of nitrogens with zero attached hydrogens (tertiary/aromatic N) is 3. The quantitative estimate of drug-likeness (QED) is 0.588. The van der Waals surface area contributed by atoms with Gasteiger partial charge in [0.15, 0.2) is 11.5 Å². The van der Waals surface area contributed by atoms with Crippen LogP contribution in [0.15, 0.2) is 42.6 Å². The minimum absolute atomic E-state index is 0.152. The average molecular weight is 315 g/mol. The Kier molecular flexibility index (Phi) is 3.84. The molecule has 0 atom stereocenters. The monoisotopic (exact) mass is 314 g/mol. The second-order valence-corrected chi connectivity index (χ2v) is 4.87. The molecule has 0 saturated carbocycles. The minimum atomic E-state index is -0.196. The van der Waals surface area contributed by atoms with Crippen LogP contribution in [0.1, 0.15) is 17.4 Å². The molecule has 0 fully saturated rings. The van der Waals surface area contributed by atoms with Gasteiger partial charge in [0.05, 0.1) is 0 Å². The molecule has 3 aromatic rings. The molecule has 2 heterocycles. The number of rotatable bonds is 4. The van der Waals surface area contributed by atoms with Gasteiger partial charge < -0.3 is 4.74 Å². The molecule has 0 aliphatic carbocycles. The van der Waals surface area contributed by atoms with Crippen molar-refractivity contribution in [2.45, 2.75) is 6.92 Å². The summed E-state index contributed by atoms with van der Waals surface area (Å²) >= 11 is 6.07. The fourth-order valence-electron chi connectivity index (χ4n) is 1.93. The number of carbonyl (C=O) groups excluding carboxylic acids is 1. The van der Waals surface area contributed by atoms with Crippen LogP contribution in [0.25, 0.3) is 11.1 Å². The Morgan fingerprint density at radius 2 is 2.00 bits per heavy atom. The third-order valence-corrected chi connectivity index (χ3v) is 3.31. The van der Waals surface area contributed by atoms with Gasteiger partial charge in [-0.1, -0.05) is 34.0 Å². The normalized spacial score (nSPS) is 10.5. The molecule has 7 heteroatoms. The van der Waals surface area contributed by atoms with E-state index >= 15 is 0 Å². The topological polar surface area (TPSA) is 80.8 Å². The maximum atomic E-state index is 11.4. The smallest absolute Gasteiger partial charge is 0.269 e. The van der Waals surface area contributed by atoms with Crippen molar-refractivity contribution in [1.82, 2.24) is 20.4 Å². The number of nitrogens with one attached hydrogen (secondary N) is 1. The number of carbonyl (C=O) groups is 1. The Bertz CT molecular complexity index is 814. The van der Waals surface area contributed by atoms with Crippen LogP contribution in [0.3, 0.4) is 0 Å². The maximum Gasteiger partial charge on any atom is 0.269 e. The number of Topliss-reactive ketones (excluding diaryl/α,β-unsaturated/α-hetero) is 1. The molecule has 1 aromatic carbocycles. The summed E-state index contributed by atoms with van der Waals surface area (Å²) in [6.07, 6.45) is 1.64. The van der Waals surface area contributed by atoms with Crippen molar-refractivity contribution in [3.05, 3.63) is 53.4 Å². The molecule has 0 unspecified atom stereocenters. The van der Waals surface area contributed by atoms with E-state index in [-0.39, 0.29) is 17.4 Å². The van der Waals surface area contributed by atoms with Gasteiger partial charge in [0.2, 0.25) is 0 Å². The second kappa shape index (κ2) is 5.95. The van der Waals surface area contributed by atoms with Crippen molar-refractivity contribution >= 4 is 17.4 Å². The number of aromatic nitrogens is 4. The summed E-state index contributed by atoms with van der Waals surface area (Å²) in [6.45, 7) is 1.41. The number of hydrogen-bond donors (Lipinski definition) is 1. The molecule has 0 spiro atoms. The van der Waals surface area contributed by atoms with Crippen molar-refractivity contribution in [1.29, 1.82) is 0 Å². The Balaban J connectivity index is 1.84. The van der Waals surface area contributed by atoms with Gasteiger partial charge in [0.25, 0.3) is 5.88 Å². The van der Waals surface area contributed by atoms with E-state index in [1.165, 1.54) is 6.92 Å². The lowest BCUT2D eigenvalue weighted by Gasteiger charge is -2.06. The van der Waals surface area contributed by atoms with Gasteiger partial charge in [-0.15, -0.1) is 0 Å². The zero-order valence-corrected chi connectivity index (χ0v) is 12.3. The van der Waals surface area contributed by atoms with E-state index in [2.05, 4.69) is 20.4 Å². The predicted molar refractivity (Wildman–Crippen MR) is 81.1 cm³/mol. The number of H-pyrrole nitrogens is 1. The number of halogens is 1. The van der Waals surface area contributed by atoms with Gasteiger partial charge in [-0.2, -0.15) is 0 Å². The van der Waals surface area contributed by atoms with Crippen molar-refractivity contribution in [3.8, 4) is 22.8 Å². The molecule has 110 valence electrons. The van der Waals surface area contributed by atoms with Crippen molar-refractivity contribution in [2.75, 3.05) is 0 Å². The predicted octanol–water partition coefficient (Wildman–Crippen LogP) is 3.52. The molecule has 0 amide bonds. The molecule has 0 aliphatic rings. The first kappa shape index (κ1) is 14.2. The van der Waals surface area contributed by atoms with Crippen LogP contribution in [0, 0.1) is 0 Å². The van der Waals surface area contributed by atoms with Gasteiger partial charge in [-0.05, 0) is 29.8 Å². The largest absolute Gasteiger partial charge is 0.436 e. The Hall–Kier alpha value is -2.73. The highest BCUT2D eigenvalue weighted by Gasteiger charge is 2.14. The third-order valence-electron chi connectivity index (χ3n) is 3.01. The second-order valence-electron chi connectivity index (χ2n) is 4.52. The van der Waals surface area contributed by atoms with E-state index in [9.17, 15) is 4.79 Å². The van der Waals surface area contributed by atoms with Crippen LogP contribution in [0.4, 0.5) is 0 Å². The van der Waals surface area contributed by atoms with Crippen LogP contribution in [-0.4, -0.2) is 26.2 Å². The van der Waals surface area contributed by atoms with Crippen LogP contribution >= 0.6 is 11.6 Å². The number of hydrogen-bond acceptors (Lipinski definition) is 5. The van der Waals surface area contributed by atoms with Gasteiger partial charge in [-0.25, -0.2) is 4.98 Å². The van der Waals surface area contributed by atoms with E-state index in [1.54, 1.807) is 18.3 Å². The lowest BCUT2D eigenvalue weighted by Crippen LogP contribution is -1.96. The Morgan fingerprint density at radius 1 is 1.23 bits per heavy atom. The fourth-order valence-corrected chi connectivity index (χ4v) is 2.16. The summed E-state index contributed by atoms with van der Waals surface area (Å²) in [7, 11) is 0. The summed E-state index contributed by atoms with van der Waals surface area (Å²) in [5.74, 6) is 0.499. The van der Waals surface area contributed by atoms with Gasteiger partial charge in [-0.3, -0.25) is 9.89 Å². The number of ether oxygens (including phenoxy) is 1. The summed E-state index contributed by atoms with van der Waals surface area (Å²) < 4.78 is 5.56. The van der Waals surface area contributed by atoms with Crippen molar-refractivity contribution < 1.29 is 9.53 Å². The van der Waals surface area contributed by atoms with Crippen molar-refractivity contribution in [3.63, 3.8) is 0 Å². The average Bonchev–Trinajstić information content (AvgIpc) is 2.97. The molecular weight excluding hydrogens is 304 g/mol. The molecule has 6 nitrogen and oxygen atoms in total. The minimum Gasteiger partial charge on any atom is -0.436 e. The zero-order valence-electron chi connectivity index (χ0n) is 11.6. The third kappa shape index (κ3) is 2.82. The zero-order chi connectivity index (χ0) is 15.5. The summed E-state index contributed by atoms with van der Waals surface area (Å²) in [5, 5.41) is 10.3. The number of aromatic amines is 1.